The van der Waals surface area contributed by atoms with Gasteiger partial charge in [-0.1, -0.05) is 18.5 Å². The molecule has 1 aromatic carbocycles. The van der Waals surface area contributed by atoms with Crippen molar-refractivity contribution in [2.75, 3.05) is 5.73 Å². The highest BCUT2D eigenvalue weighted by molar-refractivity contribution is 6.31. The number of benzene rings is 1. The van der Waals surface area contributed by atoms with Crippen LogP contribution in [0.5, 0.6) is 0 Å². The molecule has 1 aliphatic rings. The Morgan fingerprint density at radius 2 is 2.27 bits per heavy atom. The first-order valence-electron chi connectivity index (χ1n) is 5.10. The second kappa shape index (κ2) is 2.89. The fourth-order valence-corrected chi connectivity index (χ4v) is 2.26. The van der Waals surface area contributed by atoms with Gasteiger partial charge >= 0.3 is 0 Å². The largest absolute Gasteiger partial charge is 0.369 e. The van der Waals surface area contributed by atoms with Crippen LogP contribution in [0.1, 0.15) is 19.4 Å². The van der Waals surface area contributed by atoms with Gasteiger partial charge in [0.15, 0.2) is 0 Å². The standard InChI is InChI=1S/C11H12ClN3/c1-6-4-9(6)15-10-5-7(12)2-3-8(10)14-11(15)13/h2-3,5-6,9H,4H2,1H3,(H2,13,14). The Bertz CT molecular complexity index is 532. The lowest BCUT2D eigenvalue weighted by Gasteiger charge is -2.04. The number of hydrogen-bond acceptors (Lipinski definition) is 2. The number of nitrogens with zero attached hydrogens (tertiary/aromatic N) is 2. The van der Waals surface area contributed by atoms with Crippen LogP contribution in [0.2, 0.25) is 5.02 Å². The van der Waals surface area contributed by atoms with Crippen molar-refractivity contribution in [2.45, 2.75) is 19.4 Å². The van der Waals surface area contributed by atoms with E-state index in [-0.39, 0.29) is 0 Å². The molecule has 0 bridgehead atoms. The number of imidazole rings is 1. The van der Waals surface area contributed by atoms with Crippen LogP contribution in [0.25, 0.3) is 11.0 Å². The normalized spacial score (nSPS) is 24.7. The van der Waals surface area contributed by atoms with Gasteiger partial charge in [0.2, 0.25) is 5.95 Å². The van der Waals surface area contributed by atoms with Crippen LogP contribution in [0.3, 0.4) is 0 Å². The second-order valence-corrected chi connectivity index (χ2v) is 4.69. The minimum absolute atomic E-state index is 0.508. The summed E-state index contributed by atoms with van der Waals surface area (Å²) in [4.78, 5) is 4.33. The SMILES string of the molecule is CC1CC1n1c(N)nc2ccc(Cl)cc21. The van der Waals surface area contributed by atoms with E-state index in [0.29, 0.717) is 17.9 Å². The molecular formula is C11H12ClN3. The molecule has 78 valence electrons. The van der Waals surface area contributed by atoms with Crippen LogP contribution in [-0.4, -0.2) is 9.55 Å². The average Bonchev–Trinajstić information content (AvgIpc) is 2.78. The summed E-state index contributed by atoms with van der Waals surface area (Å²) in [5, 5.41) is 0.733. The maximum absolute atomic E-state index is 5.98. The van der Waals surface area contributed by atoms with Gasteiger partial charge in [-0.25, -0.2) is 4.98 Å². The van der Waals surface area contributed by atoms with E-state index in [9.17, 15) is 0 Å². The van der Waals surface area contributed by atoms with Crippen LogP contribution in [0.15, 0.2) is 18.2 Å². The van der Waals surface area contributed by atoms with Crippen LogP contribution < -0.4 is 5.73 Å². The van der Waals surface area contributed by atoms with E-state index in [1.54, 1.807) is 0 Å². The van der Waals surface area contributed by atoms with Crippen molar-refractivity contribution in [1.29, 1.82) is 0 Å². The number of nitrogens with two attached hydrogens (primary N) is 1. The summed E-state index contributed by atoms with van der Waals surface area (Å²) < 4.78 is 2.10. The minimum atomic E-state index is 0.508. The lowest BCUT2D eigenvalue weighted by atomic mass is 10.3. The monoisotopic (exact) mass is 221 g/mol. The smallest absolute Gasteiger partial charge is 0.201 e. The molecule has 2 unspecified atom stereocenters. The molecule has 0 radical (unpaired) electrons. The van der Waals surface area contributed by atoms with E-state index in [4.69, 9.17) is 17.3 Å². The number of anilines is 1. The molecule has 0 aliphatic heterocycles. The number of nitrogen functional groups attached to an aromatic ring is 1. The van der Waals surface area contributed by atoms with Gasteiger partial charge in [-0.2, -0.15) is 0 Å². The zero-order valence-electron chi connectivity index (χ0n) is 8.44. The minimum Gasteiger partial charge on any atom is -0.369 e. The zero-order chi connectivity index (χ0) is 10.6. The predicted octanol–water partition coefficient (Wildman–Crippen LogP) is 2.85. The van der Waals surface area contributed by atoms with Gasteiger partial charge in [-0.15, -0.1) is 0 Å². The molecule has 2 aromatic rings. The lowest BCUT2D eigenvalue weighted by molar-refractivity contribution is 0.715. The quantitative estimate of drug-likeness (QED) is 0.805. The predicted molar refractivity (Wildman–Crippen MR) is 62.0 cm³/mol. The maximum atomic E-state index is 5.98. The average molecular weight is 222 g/mol. The Morgan fingerprint density at radius 1 is 1.53 bits per heavy atom. The van der Waals surface area contributed by atoms with Crippen molar-refractivity contribution < 1.29 is 0 Å². The Labute approximate surface area is 92.8 Å². The highest BCUT2D eigenvalue weighted by atomic mass is 35.5. The number of halogens is 1. The summed E-state index contributed by atoms with van der Waals surface area (Å²) >= 11 is 5.98. The van der Waals surface area contributed by atoms with Crippen LogP contribution in [0.4, 0.5) is 5.95 Å². The number of hydrogen-bond donors (Lipinski definition) is 1. The number of aromatic nitrogens is 2. The summed E-state index contributed by atoms with van der Waals surface area (Å²) in [6.07, 6.45) is 1.18. The van der Waals surface area contributed by atoms with E-state index in [1.165, 1.54) is 6.42 Å². The molecule has 15 heavy (non-hydrogen) atoms. The van der Waals surface area contributed by atoms with Gasteiger partial charge in [0.05, 0.1) is 11.0 Å². The van der Waals surface area contributed by atoms with E-state index in [2.05, 4.69) is 16.5 Å². The van der Waals surface area contributed by atoms with Crippen molar-refractivity contribution in [3.8, 4) is 0 Å². The van der Waals surface area contributed by atoms with Gasteiger partial charge in [-0.3, -0.25) is 0 Å². The molecule has 1 aromatic heterocycles. The summed E-state index contributed by atoms with van der Waals surface area (Å²) in [5.41, 5.74) is 7.89. The molecule has 4 heteroatoms. The van der Waals surface area contributed by atoms with Crippen molar-refractivity contribution in [2.24, 2.45) is 5.92 Å². The van der Waals surface area contributed by atoms with Crippen LogP contribution in [-0.2, 0) is 0 Å². The third-order valence-corrected chi connectivity index (χ3v) is 3.31. The fourth-order valence-electron chi connectivity index (χ4n) is 2.10. The number of rotatable bonds is 1. The summed E-state index contributed by atoms with van der Waals surface area (Å²) in [5.74, 6) is 1.30. The van der Waals surface area contributed by atoms with E-state index in [0.717, 1.165) is 16.1 Å². The zero-order valence-corrected chi connectivity index (χ0v) is 9.20. The molecule has 3 nitrogen and oxygen atoms in total. The van der Waals surface area contributed by atoms with Crippen molar-refractivity contribution in [1.82, 2.24) is 9.55 Å². The molecule has 0 saturated heterocycles. The van der Waals surface area contributed by atoms with Crippen molar-refractivity contribution in [3.63, 3.8) is 0 Å². The highest BCUT2D eigenvalue weighted by Gasteiger charge is 2.36. The first kappa shape index (κ1) is 9.04. The molecule has 1 fully saturated rings. The maximum Gasteiger partial charge on any atom is 0.201 e. The molecular weight excluding hydrogens is 210 g/mol. The Balaban J connectivity index is 2.26. The van der Waals surface area contributed by atoms with Gasteiger partial charge in [0, 0.05) is 11.1 Å². The molecule has 2 atom stereocenters. The van der Waals surface area contributed by atoms with Gasteiger partial charge in [0.25, 0.3) is 0 Å². The first-order valence-corrected chi connectivity index (χ1v) is 5.47. The highest BCUT2D eigenvalue weighted by Crippen LogP contribution is 2.45. The number of fused-ring (bicyclic) bond motifs is 1. The first-order chi connectivity index (χ1) is 7.16. The van der Waals surface area contributed by atoms with Gasteiger partial charge < -0.3 is 10.3 Å². The Kier molecular flexibility index (Phi) is 1.74. The van der Waals surface area contributed by atoms with Crippen molar-refractivity contribution >= 4 is 28.6 Å². The fraction of sp³-hybridized carbons (Fsp3) is 0.364. The van der Waals surface area contributed by atoms with Crippen molar-refractivity contribution in [3.05, 3.63) is 23.2 Å². The summed E-state index contributed by atoms with van der Waals surface area (Å²) in [7, 11) is 0. The van der Waals surface area contributed by atoms with E-state index >= 15 is 0 Å². The molecule has 1 aliphatic carbocycles. The third kappa shape index (κ3) is 1.30. The molecule has 0 spiro atoms. The van der Waals surface area contributed by atoms with Gasteiger partial charge in [-0.05, 0) is 30.5 Å². The molecule has 1 heterocycles. The van der Waals surface area contributed by atoms with E-state index in [1.807, 2.05) is 18.2 Å². The molecule has 2 N–H and O–H groups in total. The summed E-state index contributed by atoms with van der Waals surface area (Å²) in [6, 6.07) is 6.20. The second-order valence-electron chi connectivity index (χ2n) is 4.25. The van der Waals surface area contributed by atoms with E-state index < -0.39 is 0 Å². The van der Waals surface area contributed by atoms with Gasteiger partial charge in [0.1, 0.15) is 0 Å². The third-order valence-electron chi connectivity index (χ3n) is 3.08. The molecule has 1 saturated carbocycles. The molecule has 0 amide bonds. The summed E-state index contributed by atoms with van der Waals surface area (Å²) in [6.45, 7) is 2.22. The Morgan fingerprint density at radius 3 is 2.93 bits per heavy atom. The van der Waals surface area contributed by atoms with Crippen LogP contribution >= 0.6 is 11.6 Å². The van der Waals surface area contributed by atoms with Crippen LogP contribution in [0, 0.1) is 5.92 Å². The topological polar surface area (TPSA) is 43.8 Å². The molecule has 3 rings (SSSR count). The lowest BCUT2D eigenvalue weighted by Crippen LogP contribution is -2.01. The Hall–Kier alpha value is -1.22.